The van der Waals surface area contributed by atoms with E-state index in [9.17, 15) is 23.1 Å². The van der Waals surface area contributed by atoms with Gasteiger partial charge in [-0.3, -0.25) is 4.79 Å². The van der Waals surface area contributed by atoms with E-state index in [-0.39, 0.29) is 15.8 Å². The van der Waals surface area contributed by atoms with Crippen LogP contribution in [0.2, 0.25) is 0 Å². The van der Waals surface area contributed by atoms with E-state index >= 15 is 0 Å². The molecule has 0 radical (unpaired) electrons. The number of carbonyl (C=O) groups is 1. The summed E-state index contributed by atoms with van der Waals surface area (Å²) in [6.07, 6.45) is -3.22. The first-order valence-corrected chi connectivity index (χ1v) is 6.70. The van der Waals surface area contributed by atoms with Gasteiger partial charge in [0, 0.05) is 0 Å². The second-order valence-electron chi connectivity index (χ2n) is 4.78. The fourth-order valence-corrected chi connectivity index (χ4v) is 3.07. The molecule has 1 saturated carbocycles. The molecule has 20 heavy (non-hydrogen) atoms. The number of halogens is 4. The van der Waals surface area contributed by atoms with E-state index in [1.165, 1.54) is 6.07 Å². The molecule has 0 unspecified atom stereocenters. The molecule has 1 N–H and O–H groups in total. The van der Waals surface area contributed by atoms with Crippen LogP contribution in [0.3, 0.4) is 0 Å². The summed E-state index contributed by atoms with van der Waals surface area (Å²) in [7, 11) is 1.14. The normalized spacial score (nSPS) is 17.4. The monoisotopic (exact) mass is 352 g/mol. The molecule has 0 atom stereocenters. The molecule has 0 bridgehead atoms. The second kappa shape index (κ2) is 4.95. The summed E-state index contributed by atoms with van der Waals surface area (Å²) in [5, 5.41) is 9.32. The standard InChI is InChI=1S/C13H12BrF3O3/c1-20-10-8(13(15,16)17)5-7(6-9(10)14)12(11(18)19)3-2-4-12/h5-6H,2-4H2,1H3,(H,18,19). The van der Waals surface area contributed by atoms with E-state index in [4.69, 9.17) is 4.74 Å². The van der Waals surface area contributed by atoms with Gasteiger partial charge in [0.05, 0.1) is 22.6 Å². The Hall–Kier alpha value is -1.24. The molecule has 1 aromatic rings. The van der Waals surface area contributed by atoms with E-state index in [2.05, 4.69) is 15.9 Å². The summed E-state index contributed by atoms with van der Waals surface area (Å²) in [6.45, 7) is 0. The van der Waals surface area contributed by atoms with Crippen LogP contribution in [0, 0.1) is 0 Å². The molecule has 0 amide bonds. The molecule has 0 saturated heterocycles. The van der Waals surface area contributed by atoms with Gasteiger partial charge in [0.25, 0.3) is 0 Å². The molecule has 0 heterocycles. The molecule has 1 aliphatic carbocycles. The summed E-state index contributed by atoms with van der Waals surface area (Å²) in [4.78, 5) is 11.4. The highest BCUT2D eigenvalue weighted by molar-refractivity contribution is 9.10. The van der Waals surface area contributed by atoms with Gasteiger partial charge in [-0.2, -0.15) is 13.2 Å². The molecule has 7 heteroatoms. The zero-order valence-corrected chi connectivity index (χ0v) is 12.1. The Bertz CT molecular complexity index is 551. The minimum atomic E-state index is -4.60. The van der Waals surface area contributed by atoms with Crippen molar-refractivity contribution in [2.24, 2.45) is 0 Å². The Balaban J connectivity index is 2.63. The van der Waals surface area contributed by atoms with Gasteiger partial charge in [0.15, 0.2) is 0 Å². The first-order chi connectivity index (χ1) is 9.22. The Morgan fingerprint density at radius 1 is 1.40 bits per heavy atom. The molecule has 0 spiro atoms. The molecule has 1 aromatic carbocycles. The van der Waals surface area contributed by atoms with Gasteiger partial charge in [-0.15, -0.1) is 0 Å². The molecule has 0 aromatic heterocycles. The van der Waals surface area contributed by atoms with Gasteiger partial charge in [-0.1, -0.05) is 6.42 Å². The minimum Gasteiger partial charge on any atom is -0.495 e. The number of hydrogen-bond acceptors (Lipinski definition) is 2. The number of carboxylic acids is 1. The summed E-state index contributed by atoms with van der Waals surface area (Å²) in [5.74, 6) is -1.42. The Morgan fingerprint density at radius 3 is 2.35 bits per heavy atom. The van der Waals surface area contributed by atoms with Crippen LogP contribution in [-0.4, -0.2) is 18.2 Å². The third-order valence-electron chi connectivity index (χ3n) is 3.72. The lowest BCUT2D eigenvalue weighted by molar-refractivity contribution is -0.148. The maximum Gasteiger partial charge on any atom is 0.420 e. The van der Waals surface area contributed by atoms with Crippen molar-refractivity contribution >= 4 is 21.9 Å². The van der Waals surface area contributed by atoms with Crippen LogP contribution in [0.25, 0.3) is 0 Å². The van der Waals surface area contributed by atoms with E-state index in [0.717, 1.165) is 13.2 Å². The highest BCUT2D eigenvalue weighted by Gasteiger charge is 2.47. The Kier molecular flexibility index (Phi) is 3.75. The van der Waals surface area contributed by atoms with Crippen LogP contribution in [0.15, 0.2) is 16.6 Å². The lowest BCUT2D eigenvalue weighted by atomic mass is 9.64. The fraction of sp³-hybridized carbons (Fsp3) is 0.462. The van der Waals surface area contributed by atoms with E-state index < -0.39 is 23.1 Å². The number of hydrogen-bond donors (Lipinski definition) is 1. The van der Waals surface area contributed by atoms with Crippen LogP contribution in [0.5, 0.6) is 5.75 Å². The van der Waals surface area contributed by atoms with E-state index in [1.807, 2.05) is 0 Å². The molecule has 3 nitrogen and oxygen atoms in total. The lowest BCUT2D eigenvalue weighted by Crippen LogP contribution is -2.42. The molecule has 2 rings (SSSR count). The van der Waals surface area contributed by atoms with E-state index in [1.54, 1.807) is 0 Å². The molecule has 1 aliphatic rings. The van der Waals surface area contributed by atoms with Crippen LogP contribution >= 0.6 is 15.9 Å². The average Bonchev–Trinajstić information content (AvgIpc) is 2.24. The Morgan fingerprint density at radius 2 is 2.00 bits per heavy atom. The van der Waals surface area contributed by atoms with Crippen molar-refractivity contribution in [3.8, 4) is 5.75 Å². The number of methoxy groups -OCH3 is 1. The number of ether oxygens (including phenoxy) is 1. The van der Waals surface area contributed by atoms with Gasteiger partial charge < -0.3 is 9.84 Å². The molecular formula is C13H12BrF3O3. The number of benzene rings is 1. The van der Waals surface area contributed by atoms with Crippen LogP contribution in [0.4, 0.5) is 13.2 Å². The number of carboxylic acid groups (broad SMARTS) is 1. The van der Waals surface area contributed by atoms with Crippen molar-refractivity contribution in [3.63, 3.8) is 0 Å². The van der Waals surface area contributed by atoms with Gasteiger partial charge in [0.1, 0.15) is 5.75 Å². The van der Waals surface area contributed by atoms with Crippen LogP contribution in [-0.2, 0) is 16.4 Å². The molecule has 1 fully saturated rings. The number of rotatable bonds is 3. The first kappa shape index (κ1) is 15.2. The van der Waals surface area contributed by atoms with Gasteiger partial charge in [0.2, 0.25) is 0 Å². The van der Waals surface area contributed by atoms with Crippen molar-refractivity contribution in [2.75, 3.05) is 7.11 Å². The van der Waals surface area contributed by atoms with Crippen LogP contribution < -0.4 is 4.74 Å². The smallest absolute Gasteiger partial charge is 0.420 e. The third-order valence-corrected chi connectivity index (χ3v) is 4.31. The fourth-order valence-electron chi connectivity index (χ4n) is 2.44. The second-order valence-corrected chi connectivity index (χ2v) is 5.63. The maximum atomic E-state index is 13.1. The Labute approximate surface area is 121 Å². The van der Waals surface area contributed by atoms with Crippen molar-refractivity contribution < 1.29 is 27.8 Å². The minimum absolute atomic E-state index is 0.109. The first-order valence-electron chi connectivity index (χ1n) is 5.91. The quantitative estimate of drug-likeness (QED) is 0.894. The predicted octanol–water partition coefficient (Wildman–Crippen LogP) is 3.98. The summed E-state index contributed by atoms with van der Waals surface area (Å²) < 4.78 is 44.1. The SMILES string of the molecule is COc1c(Br)cc(C2(C(=O)O)CCC2)cc1C(F)(F)F. The average molecular weight is 353 g/mol. The van der Waals surface area contributed by atoms with Gasteiger partial charge in [-0.05, 0) is 46.5 Å². The van der Waals surface area contributed by atoms with Crippen LogP contribution in [0.1, 0.15) is 30.4 Å². The predicted molar refractivity (Wildman–Crippen MR) is 68.9 cm³/mol. The summed E-state index contributed by atoms with van der Waals surface area (Å²) >= 11 is 3.03. The number of aliphatic carboxylic acids is 1. The van der Waals surface area contributed by atoms with Crippen molar-refractivity contribution in [3.05, 3.63) is 27.7 Å². The third kappa shape index (κ3) is 2.28. The number of alkyl halides is 3. The highest BCUT2D eigenvalue weighted by atomic mass is 79.9. The highest BCUT2D eigenvalue weighted by Crippen LogP contribution is 2.49. The van der Waals surface area contributed by atoms with Crippen molar-refractivity contribution in [2.45, 2.75) is 30.9 Å². The zero-order chi connectivity index (χ0) is 15.1. The summed E-state index contributed by atoms with van der Waals surface area (Å²) in [5.41, 5.74) is -2.01. The molecule has 110 valence electrons. The largest absolute Gasteiger partial charge is 0.495 e. The zero-order valence-electron chi connectivity index (χ0n) is 10.6. The van der Waals surface area contributed by atoms with Crippen molar-refractivity contribution in [1.29, 1.82) is 0 Å². The van der Waals surface area contributed by atoms with E-state index in [0.29, 0.717) is 19.3 Å². The maximum absolute atomic E-state index is 13.1. The topological polar surface area (TPSA) is 46.5 Å². The molecular weight excluding hydrogens is 341 g/mol. The van der Waals surface area contributed by atoms with Gasteiger partial charge in [-0.25, -0.2) is 0 Å². The lowest BCUT2D eigenvalue weighted by Gasteiger charge is -2.38. The van der Waals surface area contributed by atoms with Gasteiger partial charge >= 0.3 is 12.1 Å². The van der Waals surface area contributed by atoms with Crippen molar-refractivity contribution in [1.82, 2.24) is 0 Å². The summed E-state index contributed by atoms with van der Waals surface area (Å²) in [6, 6.07) is 2.29. The molecule has 0 aliphatic heterocycles.